The van der Waals surface area contributed by atoms with Crippen LogP contribution in [-0.2, 0) is 17.8 Å². The maximum absolute atomic E-state index is 14.7. The highest BCUT2D eigenvalue weighted by molar-refractivity contribution is 5.90. The van der Waals surface area contributed by atoms with Gasteiger partial charge >= 0.3 is 11.7 Å². The summed E-state index contributed by atoms with van der Waals surface area (Å²) in [6, 6.07) is 18.6. The molecule has 0 aliphatic carbocycles. The summed E-state index contributed by atoms with van der Waals surface area (Å²) in [7, 11) is 2.74. The standard InChI is InChI=1S/C31H25FN8O9/c1-37(2)40(47)36-49-29-15-26(27(38(43)44)16-28(29)39(45)46)33-20-7-5-6-19(12-20)17-48-31(42)23-13-18(10-11-24(23)32)14-25-21-8-3-4-9-22(21)30(41)35-34-25/h3-13,15-16,33H,14,17H2,1-2H3,(H-,35,36,41,47)/p+1. The van der Waals surface area contributed by atoms with Gasteiger partial charge in [0.25, 0.3) is 16.2 Å². The molecule has 0 aliphatic rings. The topological polar surface area (TPSA) is 215 Å². The molecule has 1 heterocycles. The van der Waals surface area contributed by atoms with Gasteiger partial charge in [-0.2, -0.15) is 5.10 Å². The van der Waals surface area contributed by atoms with Gasteiger partial charge in [0.2, 0.25) is 5.75 Å². The molecule has 0 amide bonds. The lowest BCUT2D eigenvalue weighted by atomic mass is 10.0. The minimum atomic E-state index is -0.956. The maximum Gasteiger partial charge on any atom is 0.341 e. The number of aromatic nitrogens is 2. The highest BCUT2D eigenvalue weighted by Crippen LogP contribution is 2.39. The Morgan fingerprint density at radius 1 is 0.918 bits per heavy atom. The third-order valence-electron chi connectivity index (χ3n) is 7.04. The summed E-state index contributed by atoms with van der Waals surface area (Å²) in [4.78, 5) is 63.6. The smallest absolute Gasteiger partial charge is 0.341 e. The summed E-state index contributed by atoms with van der Waals surface area (Å²) in [6.45, 7) is -0.311. The van der Waals surface area contributed by atoms with Gasteiger partial charge in [0.1, 0.15) is 24.2 Å². The minimum absolute atomic E-state index is 0.122. The number of hydrogen-bond donors (Lipinski definition) is 3. The third kappa shape index (κ3) is 7.71. The van der Waals surface area contributed by atoms with Crippen LogP contribution in [0.15, 0.2) is 83.7 Å². The third-order valence-corrected chi connectivity index (χ3v) is 7.04. The quantitative estimate of drug-likeness (QED) is 0.0674. The van der Waals surface area contributed by atoms with Crippen LogP contribution < -0.4 is 21.3 Å². The normalized spacial score (nSPS) is 10.7. The number of nitroso groups, excluding NO2 is 1. The molecule has 0 aliphatic heterocycles. The molecule has 0 atom stereocenters. The van der Waals surface area contributed by atoms with E-state index in [1.807, 2.05) is 5.59 Å². The van der Waals surface area contributed by atoms with Crippen LogP contribution in [0, 0.1) is 31.0 Å². The average molecular weight is 674 g/mol. The minimum Gasteiger partial charge on any atom is -0.457 e. The van der Waals surface area contributed by atoms with Gasteiger partial charge in [0.15, 0.2) is 0 Å². The van der Waals surface area contributed by atoms with Crippen molar-refractivity contribution in [3.63, 3.8) is 0 Å². The number of carbonyl (C=O) groups excluding carboxylic acids is 1. The fraction of sp³-hybridized carbons (Fsp3) is 0.129. The summed E-state index contributed by atoms with van der Waals surface area (Å²) < 4.78 is 20.1. The second-order valence-electron chi connectivity index (χ2n) is 10.6. The summed E-state index contributed by atoms with van der Waals surface area (Å²) in [5.74, 6) is -2.27. The highest BCUT2D eigenvalue weighted by atomic mass is 19.1. The van der Waals surface area contributed by atoms with Crippen LogP contribution in [0.3, 0.4) is 0 Å². The molecular weight excluding hydrogens is 647 g/mol. The number of H-pyrrole nitrogens is 1. The van der Waals surface area contributed by atoms with E-state index < -0.39 is 38.8 Å². The Morgan fingerprint density at radius 2 is 1.65 bits per heavy atom. The molecule has 250 valence electrons. The van der Waals surface area contributed by atoms with Gasteiger partial charge in [0, 0.05) is 23.6 Å². The van der Waals surface area contributed by atoms with Crippen molar-refractivity contribution < 1.29 is 33.6 Å². The van der Waals surface area contributed by atoms with Crippen molar-refractivity contribution in [2.75, 3.05) is 19.4 Å². The van der Waals surface area contributed by atoms with Crippen LogP contribution in [0.25, 0.3) is 10.8 Å². The number of esters is 1. The second kappa shape index (κ2) is 14.2. The Bertz CT molecular complexity index is 2170. The van der Waals surface area contributed by atoms with Gasteiger partial charge in [-0.3, -0.25) is 25.0 Å². The first kappa shape index (κ1) is 33.4. The van der Waals surface area contributed by atoms with Gasteiger partial charge in [-0.1, -0.05) is 36.4 Å². The average Bonchev–Trinajstić information content (AvgIpc) is 3.08. The van der Waals surface area contributed by atoms with E-state index in [1.165, 1.54) is 38.4 Å². The zero-order chi connectivity index (χ0) is 35.2. The molecule has 1 aromatic heterocycles. The molecule has 0 unspecified atom stereocenters. The van der Waals surface area contributed by atoms with Crippen molar-refractivity contribution in [3.8, 4) is 5.75 Å². The summed E-state index contributed by atoms with van der Waals surface area (Å²) in [6.07, 6.45) is 0.188. The van der Waals surface area contributed by atoms with Gasteiger partial charge < -0.3 is 14.9 Å². The van der Waals surface area contributed by atoms with Crippen LogP contribution >= 0.6 is 0 Å². The Hall–Kier alpha value is -6.98. The zero-order valence-electron chi connectivity index (χ0n) is 25.7. The van der Waals surface area contributed by atoms with Crippen LogP contribution in [-0.4, -0.2) is 50.1 Å². The number of ether oxygens (including phenoxy) is 1. The van der Waals surface area contributed by atoms with Crippen molar-refractivity contribution in [2.45, 2.75) is 13.0 Å². The SMILES string of the molecule is CN(C)[N+](=O)NOc1cc(Nc2cccc(COC(=O)c3cc(Cc4n[nH]c(=O)c5ccccc45)ccc3F)c2)c([N+](=O)[O-])cc1[N+](=O)[O-]. The zero-order valence-corrected chi connectivity index (χ0v) is 25.7. The number of anilines is 2. The predicted molar refractivity (Wildman–Crippen MR) is 171 cm³/mol. The van der Waals surface area contributed by atoms with Crippen LogP contribution in [0.4, 0.5) is 27.1 Å². The number of aromatic amines is 1. The lowest BCUT2D eigenvalue weighted by Gasteiger charge is -2.12. The fourth-order valence-corrected chi connectivity index (χ4v) is 4.66. The summed E-state index contributed by atoms with van der Waals surface area (Å²) in [5.41, 5.74) is 1.32. The first-order chi connectivity index (χ1) is 23.4. The lowest BCUT2D eigenvalue weighted by Crippen LogP contribution is -2.39. The molecule has 3 N–H and O–H groups in total. The van der Waals surface area contributed by atoms with Crippen molar-refractivity contribution >= 4 is 39.5 Å². The van der Waals surface area contributed by atoms with E-state index in [-0.39, 0.29) is 40.5 Å². The number of carbonyl (C=O) groups is 1. The van der Waals surface area contributed by atoms with Gasteiger partial charge in [-0.05, 0) is 41.5 Å². The lowest BCUT2D eigenvalue weighted by molar-refractivity contribution is -0.772. The molecule has 49 heavy (non-hydrogen) atoms. The Labute approximate surface area is 274 Å². The molecule has 18 heteroatoms. The number of hydrogen-bond acceptors (Lipinski definition) is 11. The van der Waals surface area contributed by atoms with Gasteiger partial charge in [-0.15, -0.1) is 5.01 Å². The first-order valence-electron chi connectivity index (χ1n) is 14.2. The number of nitrogens with one attached hydrogen (secondary N) is 3. The number of fused-ring (bicyclic) bond motifs is 1. The molecule has 0 saturated heterocycles. The summed E-state index contributed by atoms with van der Waals surface area (Å²) >= 11 is 0. The molecule has 0 spiro atoms. The van der Waals surface area contributed by atoms with Crippen LogP contribution in [0.5, 0.6) is 5.75 Å². The van der Waals surface area contributed by atoms with E-state index in [9.17, 15) is 39.1 Å². The molecule has 5 rings (SSSR count). The van der Waals surface area contributed by atoms with E-state index in [4.69, 9.17) is 9.57 Å². The van der Waals surface area contributed by atoms with E-state index in [0.29, 0.717) is 33.7 Å². The Balaban J connectivity index is 1.32. The monoisotopic (exact) mass is 673 g/mol. The molecular formula is C31H26FN8O9+. The van der Waals surface area contributed by atoms with Crippen molar-refractivity contribution in [3.05, 3.63) is 143 Å². The largest absolute Gasteiger partial charge is 0.457 e. The molecule has 17 nitrogen and oxygen atoms in total. The van der Waals surface area contributed by atoms with Crippen molar-refractivity contribution in [1.29, 1.82) is 0 Å². The number of nitro groups is 2. The van der Waals surface area contributed by atoms with Gasteiger partial charge in [0.05, 0.1) is 51.1 Å². The Kier molecular flexibility index (Phi) is 9.67. The molecule has 0 saturated carbocycles. The van der Waals surface area contributed by atoms with E-state index >= 15 is 0 Å². The van der Waals surface area contributed by atoms with Crippen molar-refractivity contribution in [1.82, 2.24) is 20.8 Å². The van der Waals surface area contributed by atoms with Crippen LogP contribution in [0.1, 0.15) is 27.2 Å². The molecule has 0 fully saturated rings. The van der Waals surface area contributed by atoms with Gasteiger partial charge in [-0.25, -0.2) is 14.3 Å². The van der Waals surface area contributed by atoms with E-state index in [2.05, 4.69) is 15.5 Å². The highest BCUT2D eigenvalue weighted by Gasteiger charge is 2.28. The van der Waals surface area contributed by atoms with E-state index in [1.54, 1.807) is 36.4 Å². The number of nitrogens with zero attached hydrogens (tertiary/aromatic N) is 5. The number of halogens is 1. The fourth-order valence-electron chi connectivity index (χ4n) is 4.66. The van der Waals surface area contributed by atoms with Crippen LogP contribution in [0.2, 0.25) is 0 Å². The molecule has 0 bridgehead atoms. The van der Waals surface area contributed by atoms with E-state index in [0.717, 1.165) is 17.1 Å². The number of hydrazine groups is 2. The number of nitro benzene ring substituents is 2. The maximum atomic E-state index is 14.7. The first-order valence-corrected chi connectivity index (χ1v) is 14.2. The molecule has 0 radical (unpaired) electrons. The second-order valence-corrected chi connectivity index (χ2v) is 10.6. The molecule has 5 aromatic rings. The Morgan fingerprint density at radius 3 is 2.37 bits per heavy atom. The van der Waals surface area contributed by atoms with Crippen molar-refractivity contribution in [2.24, 2.45) is 0 Å². The number of benzene rings is 4. The summed E-state index contributed by atoms with van der Waals surface area (Å²) in [5, 5.41) is 34.8. The predicted octanol–water partition coefficient (Wildman–Crippen LogP) is 4.62. The molecule has 4 aromatic carbocycles. The number of rotatable bonds is 13.